The molecule has 0 heterocycles. The van der Waals surface area contributed by atoms with Crippen molar-refractivity contribution in [3.63, 3.8) is 0 Å². The van der Waals surface area contributed by atoms with E-state index in [1.165, 1.54) is 25.7 Å². The molecule has 0 aromatic heterocycles. The second kappa shape index (κ2) is 4.63. The van der Waals surface area contributed by atoms with Crippen molar-refractivity contribution in [2.75, 3.05) is 0 Å². The standard InChI is InChI=1S/C12H26N2/c1-4-12(3,5-2)9-7-6-8-10(13)11(9)14/h9-11H,4-8,13-14H2,1-3H3. The molecular weight excluding hydrogens is 172 g/mol. The van der Waals surface area contributed by atoms with E-state index in [9.17, 15) is 0 Å². The first-order valence-corrected chi connectivity index (χ1v) is 6.06. The van der Waals surface area contributed by atoms with Crippen LogP contribution in [0.3, 0.4) is 0 Å². The SMILES string of the molecule is CCC(C)(CC)C1CCCC(N)C1N. The maximum atomic E-state index is 6.23. The van der Waals surface area contributed by atoms with Gasteiger partial charge < -0.3 is 11.5 Å². The molecule has 1 fully saturated rings. The Hall–Kier alpha value is -0.0800. The van der Waals surface area contributed by atoms with Crippen molar-refractivity contribution in [1.29, 1.82) is 0 Å². The van der Waals surface area contributed by atoms with Crippen LogP contribution in [0.25, 0.3) is 0 Å². The van der Waals surface area contributed by atoms with Crippen molar-refractivity contribution in [2.45, 2.75) is 65.0 Å². The zero-order valence-electron chi connectivity index (χ0n) is 9.92. The first-order valence-electron chi connectivity index (χ1n) is 6.06. The molecule has 0 aliphatic heterocycles. The van der Waals surface area contributed by atoms with Gasteiger partial charge in [0, 0.05) is 12.1 Å². The molecule has 0 aromatic carbocycles. The lowest BCUT2D eigenvalue weighted by atomic mass is 9.64. The van der Waals surface area contributed by atoms with E-state index in [4.69, 9.17) is 11.5 Å². The van der Waals surface area contributed by atoms with E-state index in [0.717, 1.165) is 6.42 Å². The lowest BCUT2D eigenvalue weighted by Gasteiger charge is -2.45. The van der Waals surface area contributed by atoms with Crippen molar-refractivity contribution in [3.05, 3.63) is 0 Å². The smallest absolute Gasteiger partial charge is 0.0226 e. The van der Waals surface area contributed by atoms with Crippen LogP contribution in [0, 0.1) is 11.3 Å². The average molecular weight is 198 g/mol. The molecule has 0 spiro atoms. The van der Waals surface area contributed by atoms with Gasteiger partial charge in [-0.05, 0) is 24.2 Å². The largest absolute Gasteiger partial charge is 0.326 e. The fraction of sp³-hybridized carbons (Fsp3) is 1.00. The van der Waals surface area contributed by atoms with E-state index >= 15 is 0 Å². The van der Waals surface area contributed by atoms with Crippen LogP contribution < -0.4 is 11.5 Å². The summed E-state index contributed by atoms with van der Waals surface area (Å²) in [5, 5.41) is 0. The van der Waals surface area contributed by atoms with Crippen LogP contribution in [0.4, 0.5) is 0 Å². The van der Waals surface area contributed by atoms with Crippen LogP contribution in [0.15, 0.2) is 0 Å². The minimum absolute atomic E-state index is 0.216. The highest BCUT2D eigenvalue weighted by molar-refractivity contribution is 4.95. The first-order chi connectivity index (χ1) is 6.55. The fourth-order valence-corrected chi connectivity index (χ4v) is 2.84. The molecule has 1 saturated carbocycles. The predicted octanol–water partition coefficient (Wildman–Crippen LogP) is 2.27. The fourth-order valence-electron chi connectivity index (χ4n) is 2.84. The third-order valence-corrected chi connectivity index (χ3v) is 4.52. The maximum Gasteiger partial charge on any atom is 0.0226 e. The zero-order chi connectivity index (χ0) is 10.8. The van der Waals surface area contributed by atoms with Crippen LogP contribution in [0.1, 0.15) is 52.9 Å². The van der Waals surface area contributed by atoms with Gasteiger partial charge in [-0.3, -0.25) is 0 Å². The molecule has 1 aliphatic rings. The molecule has 2 nitrogen and oxygen atoms in total. The Bertz CT molecular complexity index is 175. The lowest BCUT2D eigenvalue weighted by molar-refractivity contribution is 0.0949. The van der Waals surface area contributed by atoms with Gasteiger partial charge in [-0.25, -0.2) is 0 Å². The van der Waals surface area contributed by atoms with Gasteiger partial charge >= 0.3 is 0 Å². The quantitative estimate of drug-likeness (QED) is 0.731. The summed E-state index contributed by atoms with van der Waals surface area (Å²) in [6.07, 6.45) is 6.08. The first kappa shape index (κ1) is 12.0. The third-order valence-electron chi connectivity index (χ3n) is 4.52. The average Bonchev–Trinajstić information content (AvgIpc) is 2.21. The van der Waals surface area contributed by atoms with Crippen molar-refractivity contribution in [2.24, 2.45) is 22.8 Å². The van der Waals surface area contributed by atoms with E-state index in [1.807, 2.05) is 0 Å². The minimum atomic E-state index is 0.216. The van der Waals surface area contributed by atoms with Gasteiger partial charge in [-0.2, -0.15) is 0 Å². The Morgan fingerprint density at radius 2 is 1.71 bits per heavy atom. The predicted molar refractivity (Wildman–Crippen MR) is 62.0 cm³/mol. The third kappa shape index (κ3) is 2.12. The van der Waals surface area contributed by atoms with Crippen molar-refractivity contribution < 1.29 is 0 Å². The molecule has 0 aromatic rings. The van der Waals surface area contributed by atoms with E-state index in [1.54, 1.807) is 0 Å². The molecule has 2 heteroatoms. The summed E-state index contributed by atoms with van der Waals surface area (Å²) in [7, 11) is 0. The normalized spacial score (nSPS) is 34.5. The summed E-state index contributed by atoms with van der Waals surface area (Å²) >= 11 is 0. The Balaban J connectivity index is 2.74. The van der Waals surface area contributed by atoms with Crippen LogP contribution in [-0.2, 0) is 0 Å². The summed E-state index contributed by atoms with van der Waals surface area (Å²) in [5.74, 6) is 0.626. The van der Waals surface area contributed by atoms with Crippen molar-refractivity contribution in [1.82, 2.24) is 0 Å². The van der Waals surface area contributed by atoms with E-state index < -0.39 is 0 Å². The Morgan fingerprint density at radius 1 is 1.14 bits per heavy atom. The summed E-state index contributed by atoms with van der Waals surface area (Å²) in [6.45, 7) is 6.92. The Morgan fingerprint density at radius 3 is 2.21 bits per heavy atom. The molecule has 4 N–H and O–H groups in total. The Labute approximate surface area is 88.4 Å². The van der Waals surface area contributed by atoms with Gasteiger partial charge in [0.15, 0.2) is 0 Å². The van der Waals surface area contributed by atoms with E-state index in [0.29, 0.717) is 11.3 Å². The van der Waals surface area contributed by atoms with Gasteiger partial charge in [-0.1, -0.05) is 40.0 Å². The van der Waals surface area contributed by atoms with Crippen LogP contribution >= 0.6 is 0 Å². The number of hydrogen-bond acceptors (Lipinski definition) is 2. The number of nitrogens with two attached hydrogens (primary N) is 2. The van der Waals surface area contributed by atoms with Gasteiger partial charge in [-0.15, -0.1) is 0 Å². The summed E-state index contributed by atoms with van der Waals surface area (Å²) in [5.41, 5.74) is 12.7. The van der Waals surface area contributed by atoms with Crippen molar-refractivity contribution >= 4 is 0 Å². The van der Waals surface area contributed by atoms with E-state index in [2.05, 4.69) is 20.8 Å². The molecule has 0 amide bonds. The topological polar surface area (TPSA) is 52.0 Å². The minimum Gasteiger partial charge on any atom is -0.326 e. The molecule has 0 saturated heterocycles. The van der Waals surface area contributed by atoms with Crippen molar-refractivity contribution in [3.8, 4) is 0 Å². The molecule has 84 valence electrons. The lowest BCUT2D eigenvalue weighted by Crippen LogP contribution is -2.53. The van der Waals surface area contributed by atoms with E-state index in [-0.39, 0.29) is 12.1 Å². The van der Waals surface area contributed by atoms with Crippen LogP contribution in [-0.4, -0.2) is 12.1 Å². The Kier molecular flexibility index (Phi) is 3.96. The molecule has 1 aliphatic carbocycles. The number of rotatable bonds is 3. The highest BCUT2D eigenvalue weighted by atomic mass is 14.8. The van der Waals surface area contributed by atoms with Gasteiger partial charge in [0.05, 0.1) is 0 Å². The maximum absolute atomic E-state index is 6.23. The van der Waals surface area contributed by atoms with Gasteiger partial charge in [0.2, 0.25) is 0 Å². The molecule has 3 atom stereocenters. The summed E-state index contributed by atoms with van der Waals surface area (Å²) < 4.78 is 0. The monoisotopic (exact) mass is 198 g/mol. The number of hydrogen-bond donors (Lipinski definition) is 2. The zero-order valence-corrected chi connectivity index (χ0v) is 9.92. The van der Waals surface area contributed by atoms with Crippen LogP contribution in [0.5, 0.6) is 0 Å². The summed E-state index contributed by atoms with van der Waals surface area (Å²) in [6, 6.07) is 0.444. The molecule has 0 bridgehead atoms. The molecule has 3 unspecified atom stereocenters. The molecular formula is C12H26N2. The second-order valence-corrected chi connectivity index (χ2v) is 5.14. The highest BCUT2D eigenvalue weighted by Crippen LogP contribution is 2.42. The molecule has 14 heavy (non-hydrogen) atoms. The van der Waals surface area contributed by atoms with Gasteiger partial charge in [0.25, 0.3) is 0 Å². The molecule has 0 radical (unpaired) electrons. The van der Waals surface area contributed by atoms with Gasteiger partial charge in [0.1, 0.15) is 0 Å². The molecule has 1 rings (SSSR count). The highest BCUT2D eigenvalue weighted by Gasteiger charge is 2.39. The summed E-state index contributed by atoms with van der Waals surface area (Å²) in [4.78, 5) is 0. The van der Waals surface area contributed by atoms with Crippen LogP contribution in [0.2, 0.25) is 0 Å². The second-order valence-electron chi connectivity index (χ2n) is 5.14.